The summed E-state index contributed by atoms with van der Waals surface area (Å²) in [5.41, 5.74) is 7.15. The Bertz CT molecular complexity index is 1280. The monoisotopic (exact) mass is 465 g/mol. The summed E-state index contributed by atoms with van der Waals surface area (Å²) in [5.74, 6) is -0.937. The van der Waals surface area contributed by atoms with E-state index in [1.165, 1.54) is 0 Å². The number of benzene rings is 3. The van der Waals surface area contributed by atoms with Crippen molar-refractivity contribution < 1.29 is 18.3 Å². The minimum atomic E-state index is -3.78. The van der Waals surface area contributed by atoms with Gasteiger partial charge in [-0.05, 0) is 105 Å². The predicted molar refractivity (Wildman–Crippen MR) is 133 cm³/mol. The Hall–Kier alpha value is -3.12. The van der Waals surface area contributed by atoms with E-state index in [4.69, 9.17) is 0 Å². The van der Waals surface area contributed by atoms with Gasteiger partial charge in [-0.15, -0.1) is 0 Å². The Morgan fingerprint density at radius 1 is 0.758 bits per heavy atom. The van der Waals surface area contributed by atoms with Crippen molar-refractivity contribution in [2.24, 2.45) is 0 Å². The van der Waals surface area contributed by atoms with Gasteiger partial charge in [-0.2, -0.15) is 0 Å². The summed E-state index contributed by atoms with van der Waals surface area (Å²) >= 11 is 0. The maximum atomic E-state index is 13.4. The van der Waals surface area contributed by atoms with Crippen LogP contribution < -0.4 is 4.72 Å². The van der Waals surface area contributed by atoms with E-state index < -0.39 is 16.0 Å². The Balaban J connectivity index is 1.86. The standard InChI is InChI=1S/C27H31NO4S/c1-17-18(2)20(4)26(21(5)19(17)3)33(31,32)28-25-16-9-7-12-23(25)14-10-13-22-11-6-8-15-24(22)27(29)30/h6-9,11-12,15-16,28H,10,13-14H2,1-5H3,(H,29,30). The minimum Gasteiger partial charge on any atom is -0.478 e. The van der Waals surface area contributed by atoms with Gasteiger partial charge < -0.3 is 5.11 Å². The van der Waals surface area contributed by atoms with Crippen molar-refractivity contribution in [2.45, 2.75) is 58.8 Å². The first-order valence-electron chi connectivity index (χ1n) is 11.0. The van der Waals surface area contributed by atoms with Crippen molar-refractivity contribution >= 4 is 21.7 Å². The number of para-hydroxylation sites is 1. The van der Waals surface area contributed by atoms with Gasteiger partial charge in [-0.1, -0.05) is 36.4 Å². The molecule has 3 aromatic rings. The molecule has 0 heterocycles. The lowest BCUT2D eigenvalue weighted by Gasteiger charge is -2.20. The van der Waals surface area contributed by atoms with Crippen molar-refractivity contribution in [1.29, 1.82) is 0 Å². The van der Waals surface area contributed by atoms with Crippen molar-refractivity contribution in [2.75, 3.05) is 4.72 Å². The summed E-state index contributed by atoms with van der Waals surface area (Å²) in [4.78, 5) is 11.8. The molecule has 33 heavy (non-hydrogen) atoms. The molecule has 0 bridgehead atoms. The number of carboxylic acid groups (broad SMARTS) is 1. The summed E-state index contributed by atoms with van der Waals surface area (Å²) in [5, 5.41) is 9.39. The van der Waals surface area contributed by atoms with Gasteiger partial charge in [0.05, 0.1) is 16.1 Å². The summed E-state index contributed by atoms with van der Waals surface area (Å²) in [6.45, 7) is 9.65. The molecule has 0 fully saturated rings. The second-order valence-electron chi connectivity index (χ2n) is 8.53. The first kappa shape index (κ1) is 24.5. The lowest BCUT2D eigenvalue weighted by molar-refractivity contribution is 0.0695. The Kier molecular flexibility index (Phi) is 7.28. The number of carbonyl (C=O) groups is 1. The number of hydrogen-bond donors (Lipinski definition) is 2. The van der Waals surface area contributed by atoms with Crippen LogP contribution in [0.25, 0.3) is 0 Å². The first-order chi connectivity index (χ1) is 15.5. The lowest BCUT2D eigenvalue weighted by Crippen LogP contribution is -2.18. The van der Waals surface area contributed by atoms with Crippen LogP contribution >= 0.6 is 0 Å². The van der Waals surface area contributed by atoms with Crippen molar-refractivity contribution in [3.63, 3.8) is 0 Å². The fourth-order valence-corrected chi connectivity index (χ4v) is 6.02. The average Bonchev–Trinajstić information content (AvgIpc) is 2.77. The topological polar surface area (TPSA) is 83.5 Å². The third-order valence-corrected chi connectivity index (χ3v) is 8.24. The quantitative estimate of drug-likeness (QED) is 0.434. The van der Waals surface area contributed by atoms with E-state index in [0.717, 1.165) is 38.9 Å². The Morgan fingerprint density at radius 2 is 1.24 bits per heavy atom. The summed E-state index contributed by atoms with van der Waals surface area (Å²) in [6.07, 6.45) is 1.92. The molecule has 0 unspecified atom stereocenters. The van der Waals surface area contributed by atoms with Crippen LogP contribution in [0.1, 0.15) is 55.7 Å². The van der Waals surface area contributed by atoms with Crippen LogP contribution in [0.2, 0.25) is 0 Å². The predicted octanol–water partition coefficient (Wildman–Crippen LogP) is 5.90. The maximum Gasteiger partial charge on any atom is 0.335 e. The molecular formula is C27H31NO4S. The molecule has 0 spiro atoms. The molecule has 0 radical (unpaired) electrons. The third kappa shape index (κ3) is 5.11. The smallest absolute Gasteiger partial charge is 0.335 e. The number of rotatable bonds is 8. The van der Waals surface area contributed by atoms with Crippen LogP contribution in [0.3, 0.4) is 0 Å². The van der Waals surface area contributed by atoms with Crippen LogP contribution in [-0.2, 0) is 22.9 Å². The van der Waals surface area contributed by atoms with Gasteiger partial charge in [0.1, 0.15) is 0 Å². The molecule has 0 atom stereocenters. The molecule has 3 aromatic carbocycles. The molecule has 0 amide bonds. The molecule has 3 rings (SSSR count). The van der Waals surface area contributed by atoms with Gasteiger partial charge in [0.25, 0.3) is 10.0 Å². The summed E-state index contributed by atoms with van der Waals surface area (Å²) < 4.78 is 29.7. The SMILES string of the molecule is Cc1c(C)c(C)c(S(=O)(=O)Nc2ccccc2CCCc2ccccc2C(=O)O)c(C)c1C. The number of carboxylic acids is 1. The molecule has 0 aromatic heterocycles. The number of anilines is 1. The highest BCUT2D eigenvalue weighted by Crippen LogP contribution is 2.31. The van der Waals surface area contributed by atoms with Crippen LogP contribution in [0, 0.1) is 34.6 Å². The van der Waals surface area contributed by atoms with Gasteiger partial charge in [0, 0.05) is 0 Å². The molecule has 0 aliphatic carbocycles. The van der Waals surface area contributed by atoms with E-state index >= 15 is 0 Å². The van der Waals surface area contributed by atoms with Crippen molar-refractivity contribution in [1.82, 2.24) is 0 Å². The highest BCUT2D eigenvalue weighted by Gasteiger charge is 2.24. The van der Waals surface area contributed by atoms with Gasteiger partial charge in [-0.3, -0.25) is 4.72 Å². The maximum absolute atomic E-state index is 13.4. The van der Waals surface area contributed by atoms with E-state index in [-0.39, 0.29) is 0 Å². The number of nitrogens with one attached hydrogen (secondary N) is 1. The summed E-state index contributed by atoms with van der Waals surface area (Å²) in [7, 11) is -3.78. The van der Waals surface area contributed by atoms with Gasteiger partial charge in [0.15, 0.2) is 0 Å². The molecular weight excluding hydrogens is 434 g/mol. The Labute approximate surface area is 196 Å². The highest BCUT2D eigenvalue weighted by atomic mass is 32.2. The molecule has 6 heteroatoms. The fourth-order valence-electron chi connectivity index (χ4n) is 4.32. The normalized spacial score (nSPS) is 11.4. The van der Waals surface area contributed by atoms with E-state index in [9.17, 15) is 18.3 Å². The largest absolute Gasteiger partial charge is 0.478 e. The fraction of sp³-hybridized carbons (Fsp3) is 0.296. The minimum absolute atomic E-state index is 0.308. The van der Waals surface area contributed by atoms with Crippen LogP contribution in [0.4, 0.5) is 5.69 Å². The molecule has 0 aliphatic rings. The van der Waals surface area contributed by atoms with Crippen LogP contribution in [0.15, 0.2) is 53.4 Å². The number of aryl methyl sites for hydroxylation is 2. The first-order valence-corrected chi connectivity index (χ1v) is 12.5. The number of sulfonamides is 1. The molecule has 2 N–H and O–H groups in total. The van der Waals surface area contributed by atoms with Gasteiger partial charge in [-0.25, -0.2) is 13.2 Å². The van der Waals surface area contributed by atoms with Crippen molar-refractivity contribution in [3.8, 4) is 0 Å². The zero-order chi connectivity index (χ0) is 24.3. The second kappa shape index (κ2) is 9.79. The van der Waals surface area contributed by atoms with Crippen LogP contribution in [0.5, 0.6) is 0 Å². The van der Waals surface area contributed by atoms with Crippen molar-refractivity contribution in [3.05, 3.63) is 93.0 Å². The molecule has 5 nitrogen and oxygen atoms in total. The van der Waals surface area contributed by atoms with E-state index in [2.05, 4.69) is 4.72 Å². The Morgan fingerprint density at radius 3 is 1.85 bits per heavy atom. The highest BCUT2D eigenvalue weighted by molar-refractivity contribution is 7.92. The van der Waals surface area contributed by atoms with Gasteiger partial charge >= 0.3 is 5.97 Å². The molecule has 0 aliphatic heterocycles. The second-order valence-corrected chi connectivity index (χ2v) is 10.2. The average molecular weight is 466 g/mol. The van der Waals surface area contributed by atoms with E-state index in [0.29, 0.717) is 35.4 Å². The lowest BCUT2D eigenvalue weighted by atomic mass is 9.95. The zero-order valence-corrected chi connectivity index (χ0v) is 20.6. The molecule has 0 saturated carbocycles. The van der Waals surface area contributed by atoms with E-state index in [1.54, 1.807) is 18.2 Å². The van der Waals surface area contributed by atoms with Crippen LogP contribution in [-0.4, -0.2) is 19.5 Å². The molecule has 174 valence electrons. The number of hydrogen-bond acceptors (Lipinski definition) is 3. The summed E-state index contributed by atoms with van der Waals surface area (Å²) in [6, 6.07) is 14.4. The third-order valence-electron chi connectivity index (χ3n) is 6.60. The number of aromatic carboxylic acids is 1. The zero-order valence-electron chi connectivity index (χ0n) is 19.8. The molecule has 0 saturated heterocycles. The van der Waals surface area contributed by atoms with E-state index in [1.807, 2.05) is 65.0 Å². The van der Waals surface area contributed by atoms with Gasteiger partial charge in [0.2, 0.25) is 0 Å².